The van der Waals surface area contributed by atoms with Gasteiger partial charge in [-0.1, -0.05) is 17.7 Å². The SMILES string of the molecule is Cc1ccc(S(=O)(=O)N2CCCCNC2=S)cc1. The number of hydrogen-bond donors (Lipinski definition) is 1. The van der Waals surface area contributed by atoms with Gasteiger partial charge >= 0.3 is 0 Å². The summed E-state index contributed by atoms with van der Waals surface area (Å²) in [5.41, 5.74) is 1.03. The molecule has 4 nitrogen and oxygen atoms in total. The van der Waals surface area contributed by atoms with Gasteiger partial charge in [-0.05, 0) is 44.1 Å². The Bertz CT molecular complexity index is 538. The van der Waals surface area contributed by atoms with Crippen molar-refractivity contribution in [3.05, 3.63) is 29.8 Å². The molecule has 0 saturated carbocycles. The Morgan fingerprint density at radius 1 is 1.22 bits per heavy atom. The summed E-state index contributed by atoms with van der Waals surface area (Å²) in [6.45, 7) is 3.11. The molecule has 0 bridgehead atoms. The summed E-state index contributed by atoms with van der Waals surface area (Å²) in [5, 5.41) is 3.26. The van der Waals surface area contributed by atoms with Crippen LogP contribution in [0.3, 0.4) is 0 Å². The molecule has 1 aliphatic rings. The Morgan fingerprint density at radius 3 is 2.56 bits per heavy atom. The summed E-state index contributed by atoms with van der Waals surface area (Å²) in [5.74, 6) is 0. The number of nitrogens with one attached hydrogen (secondary N) is 1. The lowest BCUT2D eigenvalue weighted by atomic mass is 10.2. The van der Waals surface area contributed by atoms with Crippen molar-refractivity contribution in [3.63, 3.8) is 0 Å². The fraction of sp³-hybridized carbons (Fsp3) is 0.417. The molecule has 98 valence electrons. The Kier molecular flexibility index (Phi) is 3.87. The zero-order chi connectivity index (χ0) is 13.2. The summed E-state index contributed by atoms with van der Waals surface area (Å²) in [4.78, 5) is 0.291. The summed E-state index contributed by atoms with van der Waals surface area (Å²) < 4.78 is 26.2. The van der Waals surface area contributed by atoms with E-state index in [2.05, 4.69) is 5.32 Å². The largest absolute Gasteiger partial charge is 0.362 e. The zero-order valence-electron chi connectivity index (χ0n) is 10.2. The average Bonchev–Trinajstić information content (AvgIpc) is 2.55. The van der Waals surface area contributed by atoms with Crippen LogP contribution in [0.2, 0.25) is 0 Å². The van der Waals surface area contributed by atoms with Gasteiger partial charge in [-0.25, -0.2) is 12.7 Å². The van der Waals surface area contributed by atoms with Crippen LogP contribution in [-0.4, -0.2) is 30.9 Å². The molecule has 18 heavy (non-hydrogen) atoms. The minimum absolute atomic E-state index is 0.291. The van der Waals surface area contributed by atoms with Gasteiger partial charge in [-0.15, -0.1) is 0 Å². The number of sulfonamides is 1. The second-order valence-electron chi connectivity index (χ2n) is 4.33. The molecule has 1 saturated heterocycles. The van der Waals surface area contributed by atoms with E-state index < -0.39 is 10.0 Å². The van der Waals surface area contributed by atoms with Crippen LogP contribution < -0.4 is 5.32 Å². The molecule has 1 aliphatic heterocycles. The summed E-state index contributed by atoms with van der Waals surface area (Å²) in [6.07, 6.45) is 1.75. The van der Waals surface area contributed by atoms with E-state index in [0.717, 1.165) is 24.9 Å². The van der Waals surface area contributed by atoms with Crippen molar-refractivity contribution in [1.29, 1.82) is 0 Å². The van der Waals surface area contributed by atoms with Crippen molar-refractivity contribution >= 4 is 27.4 Å². The first-order valence-corrected chi connectivity index (χ1v) is 7.74. The van der Waals surface area contributed by atoms with Crippen molar-refractivity contribution in [2.75, 3.05) is 13.1 Å². The van der Waals surface area contributed by atoms with Gasteiger partial charge in [0.2, 0.25) is 0 Å². The summed E-state index contributed by atoms with van der Waals surface area (Å²) in [6, 6.07) is 6.83. The molecular weight excluding hydrogens is 268 g/mol. The Morgan fingerprint density at radius 2 is 1.89 bits per heavy atom. The van der Waals surface area contributed by atoms with Crippen LogP contribution in [0.15, 0.2) is 29.2 Å². The Hall–Kier alpha value is -1.14. The second-order valence-corrected chi connectivity index (χ2v) is 6.58. The smallest absolute Gasteiger partial charge is 0.266 e. The molecule has 1 aromatic rings. The predicted molar refractivity (Wildman–Crippen MR) is 74.9 cm³/mol. The van der Waals surface area contributed by atoms with E-state index in [1.807, 2.05) is 6.92 Å². The monoisotopic (exact) mass is 284 g/mol. The third-order valence-corrected chi connectivity index (χ3v) is 5.19. The molecule has 6 heteroatoms. The van der Waals surface area contributed by atoms with Gasteiger partial charge in [-0.3, -0.25) is 0 Å². The van der Waals surface area contributed by atoms with Gasteiger partial charge in [0.25, 0.3) is 10.0 Å². The number of rotatable bonds is 2. The quantitative estimate of drug-likeness (QED) is 0.839. The highest BCUT2D eigenvalue weighted by Crippen LogP contribution is 2.18. The molecule has 1 aromatic carbocycles. The lowest BCUT2D eigenvalue weighted by molar-refractivity contribution is 0.518. The molecule has 0 spiro atoms. The maximum Gasteiger partial charge on any atom is 0.266 e. The molecule has 0 unspecified atom stereocenters. The van der Waals surface area contributed by atoms with Crippen LogP contribution in [0, 0.1) is 6.92 Å². The number of benzene rings is 1. The minimum Gasteiger partial charge on any atom is -0.362 e. The van der Waals surface area contributed by atoms with Crippen LogP contribution in [0.1, 0.15) is 18.4 Å². The van der Waals surface area contributed by atoms with Gasteiger partial charge in [0.05, 0.1) is 4.90 Å². The van der Waals surface area contributed by atoms with Crippen molar-refractivity contribution in [2.24, 2.45) is 0 Å². The predicted octanol–water partition coefficient (Wildman–Crippen LogP) is 1.65. The molecule has 0 atom stereocenters. The van der Waals surface area contributed by atoms with Gasteiger partial charge in [-0.2, -0.15) is 0 Å². The van der Waals surface area contributed by atoms with Crippen molar-refractivity contribution in [2.45, 2.75) is 24.7 Å². The van der Waals surface area contributed by atoms with Gasteiger partial charge in [0.15, 0.2) is 5.11 Å². The van der Waals surface area contributed by atoms with E-state index in [9.17, 15) is 8.42 Å². The van der Waals surface area contributed by atoms with E-state index in [-0.39, 0.29) is 0 Å². The molecule has 2 rings (SSSR count). The average molecular weight is 284 g/mol. The molecule has 0 radical (unpaired) electrons. The van der Waals surface area contributed by atoms with Crippen LogP contribution in [0.4, 0.5) is 0 Å². The van der Waals surface area contributed by atoms with Gasteiger partial charge < -0.3 is 5.32 Å². The fourth-order valence-corrected chi connectivity index (χ4v) is 3.71. The van der Waals surface area contributed by atoms with Gasteiger partial charge in [0, 0.05) is 13.1 Å². The minimum atomic E-state index is -3.52. The van der Waals surface area contributed by atoms with E-state index in [1.54, 1.807) is 24.3 Å². The second kappa shape index (κ2) is 5.24. The van der Waals surface area contributed by atoms with Crippen LogP contribution >= 0.6 is 12.2 Å². The molecule has 1 heterocycles. The maximum atomic E-state index is 12.5. The topological polar surface area (TPSA) is 49.4 Å². The van der Waals surface area contributed by atoms with Crippen molar-refractivity contribution < 1.29 is 8.42 Å². The lowest BCUT2D eigenvalue weighted by Gasteiger charge is -2.22. The third-order valence-electron chi connectivity index (χ3n) is 2.90. The molecule has 0 amide bonds. The number of hydrogen-bond acceptors (Lipinski definition) is 3. The van der Waals surface area contributed by atoms with E-state index in [0.29, 0.717) is 16.6 Å². The normalized spacial score (nSPS) is 17.2. The Balaban J connectivity index is 2.34. The standard InChI is InChI=1S/C12H16N2O2S2/c1-10-4-6-11(7-5-10)18(15,16)14-9-3-2-8-13-12(14)17/h4-7H,2-3,8-9H2,1H3,(H,13,17). The highest BCUT2D eigenvalue weighted by molar-refractivity contribution is 7.91. The van der Waals surface area contributed by atoms with Crippen molar-refractivity contribution in [1.82, 2.24) is 9.62 Å². The molecule has 1 N–H and O–H groups in total. The highest BCUT2D eigenvalue weighted by Gasteiger charge is 2.27. The molecular formula is C12H16N2O2S2. The molecule has 1 fully saturated rings. The summed E-state index contributed by atoms with van der Waals surface area (Å²) >= 11 is 5.12. The van der Waals surface area contributed by atoms with Crippen molar-refractivity contribution in [3.8, 4) is 0 Å². The highest BCUT2D eigenvalue weighted by atomic mass is 32.2. The first-order chi connectivity index (χ1) is 8.51. The van der Waals surface area contributed by atoms with Gasteiger partial charge in [0.1, 0.15) is 0 Å². The van der Waals surface area contributed by atoms with E-state index in [4.69, 9.17) is 12.2 Å². The first-order valence-electron chi connectivity index (χ1n) is 5.89. The third kappa shape index (κ3) is 2.64. The maximum absolute atomic E-state index is 12.5. The van der Waals surface area contributed by atoms with E-state index >= 15 is 0 Å². The first kappa shape index (κ1) is 13.3. The number of aryl methyl sites for hydroxylation is 1. The number of thiocarbonyl (C=S) groups is 1. The molecule has 0 aromatic heterocycles. The van der Waals surface area contributed by atoms with Crippen LogP contribution in [0.25, 0.3) is 0 Å². The lowest BCUT2D eigenvalue weighted by Crippen LogP contribution is -2.42. The van der Waals surface area contributed by atoms with Crippen LogP contribution in [0.5, 0.6) is 0 Å². The zero-order valence-corrected chi connectivity index (χ0v) is 11.9. The fourth-order valence-electron chi connectivity index (χ4n) is 1.83. The summed E-state index contributed by atoms with van der Waals surface area (Å²) in [7, 11) is -3.52. The molecule has 0 aliphatic carbocycles. The Labute approximate surface area is 113 Å². The van der Waals surface area contributed by atoms with E-state index in [1.165, 1.54) is 4.31 Å². The number of nitrogens with zero attached hydrogens (tertiary/aromatic N) is 1. The van der Waals surface area contributed by atoms with Crippen LogP contribution in [-0.2, 0) is 10.0 Å².